The van der Waals surface area contributed by atoms with Gasteiger partial charge in [-0.25, -0.2) is 0 Å². The number of hydrogen-bond acceptors (Lipinski definition) is 3. The minimum Gasteiger partial charge on any atom is -0.303 e. The molecule has 3 heteroatoms. The third-order valence-electron chi connectivity index (χ3n) is 4.30. The number of piperidine rings is 1. The van der Waals surface area contributed by atoms with Crippen LogP contribution in [0.3, 0.4) is 0 Å². The van der Waals surface area contributed by atoms with Gasteiger partial charge in [0, 0.05) is 6.54 Å². The fourth-order valence-corrected chi connectivity index (χ4v) is 2.46. The Kier molecular flexibility index (Phi) is 5.42. The Bertz CT molecular complexity index is 261. The second kappa shape index (κ2) is 6.37. The summed E-state index contributed by atoms with van der Waals surface area (Å²) in [6.45, 7) is 10.1. The molecule has 1 atom stereocenters. The van der Waals surface area contributed by atoms with Crippen molar-refractivity contribution in [1.82, 2.24) is 10.2 Å². The molecule has 1 N–H and O–H groups in total. The van der Waals surface area contributed by atoms with Gasteiger partial charge in [0.1, 0.15) is 5.54 Å². The standard InChI is InChI=1S/C14H27N3/c1-12(2)13-5-8-17(9-6-13)10-7-14(3,11-15)16-4/h12-13,16H,5-10H2,1-4H3. The molecule has 1 unspecified atom stereocenters. The first-order valence-electron chi connectivity index (χ1n) is 6.83. The van der Waals surface area contributed by atoms with E-state index in [0.29, 0.717) is 0 Å². The van der Waals surface area contributed by atoms with Gasteiger partial charge in [-0.1, -0.05) is 13.8 Å². The minimum atomic E-state index is -0.366. The van der Waals surface area contributed by atoms with E-state index in [-0.39, 0.29) is 5.54 Å². The molecule has 98 valence electrons. The van der Waals surface area contributed by atoms with E-state index in [4.69, 9.17) is 5.26 Å². The van der Waals surface area contributed by atoms with Crippen LogP contribution >= 0.6 is 0 Å². The van der Waals surface area contributed by atoms with Crippen LogP contribution < -0.4 is 5.32 Å². The molecule has 1 fully saturated rings. The highest BCUT2D eigenvalue weighted by molar-refractivity contribution is 5.03. The maximum atomic E-state index is 9.10. The van der Waals surface area contributed by atoms with Crippen LogP contribution in [0.5, 0.6) is 0 Å². The number of nitriles is 1. The Labute approximate surface area is 106 Å². The summed E-state index contributed by atoms with van der Waals surface area (Å²) in [5.41, 5.74) is -0.366. The van der Waals surface area contributed by atoms with Crippen molar-refractivity contribution in [1.29, 1.82) is 5.26 Å². The molecule has 17 heavy (non-hydrogen) atoms. The van der Waals surface area contributed by atoms with E-state index in [0.717, 1.165) is 24.8 Å². The van der Waals surface area contributed by atoms with Gasteiger partial charge in [-0.15, -0.1) is 0 Å². The van der Waals surface area contributed by atoms with Crippen LogP contribution in [0.15, 0.2) is 0 Å². The molecule has 1 heterocycles. The second-order valence-corrected chi connectivity index (χ2v) is 5.87. The highest BCUT2D eigenvalue weighted by Crippen LogP contribution is 2.24. The zero-order valence-corrected chi connectivity index (χ0v) is 11.8. The SMILES string of the molecule is CNC(C)(C#N)CCN1CCC(C(C)C)CC1. The summed E-state index contributed by atoms with van der Waals surface area (Å²) in [5, 5.41) is 12.2. The molecule has 0 saturated carbocycles. The van der Waals surface area contributed by atoms with Gasteiger partial charge in [-0.3, -0.25) is 0 Å². The molecule has 0 spiro atoms. The number of hydrogen-bond donors (Lipinski definition) is 1. The summed E-state index contributed by atoms with van der Waals surface area (Å²) >= 11 is 0. The summed E-state index contributed by atoms with van der Waals surface area (Å²) in [5.74, 6) is 1.72. The first-order chi connectivity index (χ1) is 8.00. The summed E-state index contributed by atoms with van der Waals surface area (Å²) in [6, 6.07) is 2.36. The average molecular weight is 237 g/mol. The van der Waals surface area contributed by atoms with Crippen molar-refractivity contribution in [2.24, 2.45) is 11.8 Å². The number of nitrogens with zero attached hydrogens (tertiary/aromatic N) is 2. The van der Waals surface area contributed by atoms with E-state index >= 15 is 0 Å². The molecule has 1 aliphatic heterocycles. The molecule has 0 aromatic rings. The molecule has 0 amide bonds. The zero-order valence-electron chi connectivity index (χ0n) is 11.8. The molecule has 0 radical (unpaired) electrons. The lowest BCUT2D eigenvalue weighted by Crippen LogP contribution is -2.43. The van der Waals surface area contributed by atoms with Crippen LogP contribution in [0, 0.1) is 23.2 Å². The normalized spacial score (nSPS) is 22.4. The summed E-state index contributed by atoms with van der Waals surface area (Å²) in [4.78, 5) is 2.51. The predicted molar refractivity (Wildman–Crippen MR) is 71.7 cm³/mol. The van der Waals surface area contributed by atoms with Gasteiger partial charge in [0.25, 0.3) is 0 Å². The van der Waals surface area contributed by atoms with Gasteiger partial charge in [0.05, 0.1) is 6.07 Å². The number of likely N-dealkylation sites (tertiary alicyclic amines) is 1. The molecule has 0 bridgehead atoms. The Morgan fingerprint density at radius 2 is 2.00 bits per heavy atom. The number of rotatable bonds is 5. The van der Waals surface area contributed by atoms with Gasteiger partial charge in [0.2, 0.25) is 0 Å². The summed E-state index contributed by atoms with van der Waals surface area (Å²) in [7, 11) is 1.87. The molecule has 0 aliphatic carbocycles. The third kappa shape index (κ3) is 4.29. The lowest BCUT2D eigenvalue weighted by atomic mass is 9.86. The quantitative estimate of drug-likeness (QED) is 0.797. The predicted octanol–water partition coefficient (Wildman–Crippen LogP) is 2.25. The maximum absolute atomic E-state index is 9.10. The van der Waals surface area contributed by atoms with Crippen LogP contribution in [0.25, 0.3) is 0 Å². The van der Waals surface area contributed by atoms with Crippen LogP contribution in [-0.4, -0.2) is 37.1 Å². The van der Waals surface area contributed by atoms with Crippen LogP contribution in [0.1, 0.15) is 40.0 Å². The van der Waals surface area contributed by atoms with Gasteiger partial charge in [-0.2, -0.15) is 5.26 Å². The maximum Gasteiger partial charge on any atom is 0.104 e. The van der Waals surface area contributed by atoms with E-state index in [9.17, 15) is 0 Å². The molecular weight excluding hydrogens is 210 g/mol. The Morgan fingerprint density at radius 1 is 1.41 bits per heavy atom. The van der Waals surface area contributed by atoms with E-state index in [1.54, 1.807) is 0 Å². The van der Waals surface area contributed by atoms with Gasteiger partial charge in [0.15, 0.2) is 0 Å². The van der Waals surface area contributed by atoms with Crippen molar-refractivity contribution >= 4 is 0 Å². The molecule has 1 saturated heterocycles. The van der Waals surface area contributed by atoms with Crippen molar-refractivity contribution < 1.29 is 0 Å². The zero-order chi connectivity index (χ0) is 12.9. The van der Waals surface area contributed by atoms with E-state index < -0.39 is 0 Å². The molecule has 0 aromatic heterocycles. The molecular formula is C14H27N3. The fourth-order valence-electron chi connectivity index (χ4n) is 2.46. The van der Waals surface area contributed by atoms with E-state index in [2.05, 4.69) is 30.1 Å². The Morgan fingerprint density at radius 3 is 2.41 bits per heavy atom. The van der Waals surface area contributed by atoms with Crippen LogP contribution in [0.2, 0.25) is 0 Å². The highest BCUT2D eigenvalue weighted by atomic mass is 15.1. The molecule has 1 rings (SSSR count). The van der Waals surface area contributed by atoms with Crippen molar-refractivity contribution in [3.05, 3.63) is 0 Å². The minimum absolute atomic E-state index is 0.366. The van der Waals surface area contributed by atoms with E-state index in [1.807, 2.05) is 14.0 Å². The van der Waals surface area contributed by atoms with Crippen molar-refractivity contribution in [2.75, 3.05) is 26.7 Å². The Hall–Kier alpha value is -0.590. The van der Waals surface area contributed by atoms with Gasteiger partial charge < -0.3 is 10.2 Å². The van der Waals surface area contributed by atoms with Crippen molar-refractivity contribution in [3.63, 3.8) is 0 Å². The number of nitrogens with one attached hydrogen (secondary N) is 1. The third-order valence-corrected chi connectivity index (χ3v) is 4.30. The van der Waals surface area contributed by atoms with Gasteiger partial charge >= 0.3 is 0 Å². The van der Waals surface area contributed by atoms with Crippen LogP contribution in [-0.2, 0) is 0 Å². The van der Waals surface area contributed by atoms with Gasteiger partial charge in [-0.05, 0) is 58.2 Å². The fraction of sp³-hybridized carbons (Fsp3) is 0.929. The lowest BCUT2D eigenvalue weighted by Gasteiger charge is -2.35. The molecule has 1 aliphatic rings. The largest absolute Gasteiger partial charge is 0.303 e. The first kappa shape index (κ1) is 14.5. The average Bonchev–Trinajstić information content (AvgIpc) is 2.36. The smallest absolute Gasteiger partial charge is 0.104 e. The van der Waals surface area contributed by atoms with E-state index in [1.165, 1.54) is 25.9 Å². The lowest BCUT2D eigenvalue weighted by molar-refractivity contribution is 0.149. The van der Waals surface area contributed by atoms with Crippen LogP contribution in [0.4, 0.5) is 0 Å². The topological polar surface area (TPSA) is 39.1 Å². The monoisotopic (exact) mass is 237 g/mol. The molecule has 3 nitrogen and oxygen atoms in total. The highest BCUT2D eigenvalue weighted by Gasteiger charge is 2.25. The first-order valence-corrected chi connectivity index (χ1v) is 6.83. The molecule has 0 aromatic carbocycles. The summed E-state index contributed by atoms with van der Waals surface area (Å²) in [6.07, 6.45) is 3.55. The Balaban J connectivity index is 2.30. The van der Waals surface area contributed by atoms with Crippen molar-refractivity contribution in [2.45, 2.75) is 45.6 Å². The summed E-state index contributed by atoms with van der Waals surface area (Å²) < 4.78 is 0. The van der Waals surface area contributed by atoms with Crippen molar-refractivity contribution in [3.8, 4) is 6.07 Å². The second-order valence-electron chi connectivity index (χ2n) is 5.87.